The zero-order valence-corrected chi connectivity index (χ0v) is 7.27. The van der Waals surface area contributed by atoms with Gasteiger partial charge >= 0.3 is 5.69 Å². The third-order valence-electron chi connectivity index (χ3n) is 1.41. The van der Waals surface area contributed by atoms with E-state index in [9.17, 15) is 9.18 Å². The third-order valence-corrected chi connectivity index (χ3v) is 1.97. The van der Waals surface area contributed by atoms with Gasteiger partial charge in [0.2, 0.25) is 0 Å². The molecule has 0 fully saturated rings. The van der Waals surface area contributed by atoms with E-state index in [2.05, 4.69) is 30.9 Å². The average Bonchev–Trinajstić information content (AvgIpc) is 2.30. The number of pyridine rings is 1. The van der Waals surface area contributed by atoms with Gasteiger partial charge in [-0.15, -0.1) is 0 Å². The van der Waals surface area contributed by atoms with Crippen LogP contribution in [0.4, 0.5) is 4.39 Å². The molecule has 2 heterocycles. The van der Waals surface area contributed by atoms with E-state index in [4.69, 9.17) is 0 Å². The number of hydrogen-bond donors (Lipinski definition) is 2. The standard InChI is InChI=1S/C6H3BrFN3O/c7-4-2(8)1-3-5(10-4)11-6(12)9-3/h1H,(H2,9,10,11,12). The molecule has 0 saturated carbocycles. The highest BCUT2D eigenvalue weighted by Crippen LogP contribution is 2.15. The Morgan fingerprint density at radius 3 is 3.00 bits per heavy atom. The Bertz CT molecular complexity index is 447. The van der Waals surface area contributed by atoms with E-state index in [0.717, 1.165) is 0 Å². The second-order valence-electron chi connectivity index (χ2n) is 2.24. The van der Waals surface area contributed by atoms with Crippen molar-refractivity contribution in [2.24, 2.45) is 0 Å². The molecule has 0 spiro atoms. The maximum Gasteiger partial charge on any atom is 0.325 e. The summed E-state index contributed by atoms with van der Waals surface area (Å²) in [5, 5.41) is 0. The molecule has 6 heteroatoms. The Morgan fingerprint density at radius 2 is 2.25 bits per heavy atom. The minimum absolute atomic E-state index is 0.0882. The minimum atomic E-state index is -0.502. The lowest BCUT2D eigenvalue weighted by molar-refractivity contribution is 0.615. The van der Waals surface area contributed by atoms with Crippen LogP contribution in [0, 0.1) is 5.82 Å². The maximum absolute atomic E-state index is 12.8. The van der Waals surface area contributed by atoms with Crippen molar-refractivity contribution in [3.63, 3.8) is 0 Å². The monoisotopic (exact) mass is 231 g/mol. The van der Waals surface area contributed by atoms with Crippen molar-refractivity contribution in [2.75, 3.05) is 0 Å². The molecule has 2 N–H and O–H groups in total. The largest absolute Gasteiger partial charge is 0.325 e. The smallest absolute Gasteiger partial charge is 0.304 e. The summed E-state index contributed by atoms with van der Waals surface area (Å²) in [5.41, 5.74) is 0.309. The van der Waals surface area contributed by atoms with Gasteiger partial charge in [0.25, 0.3) is 0 Å². The van der Waals surface area contributed by atoms with Crippen LogP contribution in [-0.2, 0) is 0 Å². The molecule has 62 valence electrons. The van der Waals surface area contributed by atoms with Crippen molar-refractivity contribution in [3.8, 4) is 0 Å². The van der Waals surface area contributed by atoms with Crippen LogP contribution in [-0.4, -0.2) is 15.0 Å². The molecule has 0 radical (unpaired) electrons. The average molecular weight is 232 g/mol. The Hall–Kier alpha value is -1.17. The van der Waals surface area contributed by atoms with E-state index >= 15 is 0 Å². The van der Waals surface area contributed by atoms with E-state index in [1.54, 1.807) is 0 Å². The zero-order valence-electron chi connectivity index (χ0n) is 5.69. The second-order valence-corrected chi connectivity index (χ2v) is 2.99. The SMILES string of the molecule is O=c1[nH]c2cc(F)c(Br)nc2[nH]1. The lowest BCUT2D eigenvalue weighted by Crippen LogP contribution is -1.99. The first-order valence-corrected chi connectivity index (χ1v) is 3.90. The van der Waals surface area contributed by atoms with E-state index in [1.165, 1.54) is 6.07 Å². The number of hydrogen-bond acceptors (Lipinski definition) is 2. The normalized spacial score (nSPS) is 10.8. The Labute approximate surface area is 74.0 Å². The van der Waals surface area contributed by atoms with E-state index in [0.29, 0.717) is 11.2 Å². The fourth-order valence-corrected chi connectivity index (χ4v) is 1.21. The molecular weight excluding hydrogens is 229 g/mol. The molecule has 0 aliphatic carbocycles. The van der Waals surface area contributed by atoms with Crippen LogP contribution in [0.3, 0.4) is 0 Å². The second kappa shape index (κ2) is 2.41. The van der Waals surface area contributed by atoms with Gasteiger partial charge in [-0.1, -0.05) is 0 Å². The number of rotatable bonds is 0. The molecular formula is C6H3BrFN3O. The number of aromatic nitrogens is 3. The molecule has 2 aromatic heterocycles. The predicted molar refractivity (Wildman–Crippen MR) is 44.4 cm³/mol. The first-order chi connectivity index (χ1) is 5.66. The van der Waals surface area contributed by atoms with E-state index in [-0.39, 0.29) is 4.60 Å². The predicted octanol–water partition coefficient (Wildman–Crippen LogP) is 1.15. The lowest BCUT2D eigenvalue weighted by Gasteiger charge is -1.91. The number of imidazole rings is 1. The first-order valence-electron chi connectivity index (χ1n) is 3.11. The third kappa shape index (κ3) is 1.04. The maximum atomic E-state index is 12.8. The summed E-state index contributed by atoms with van der Waals surface area (Å²) < 4.78 is 12.9. The van der Waals surface area contributed by atoms with Crippen LogP contribution in [0.25, 0.3) is 11.2 Å². The topological polar surface area (TPSA) is 61.5 Å². The molecule has 12 heavy (non-hydrogen) atoms. The summed E-state index contributed by atoms with van der Waals surface area (Å²) >= 11 is 2.90. The Kier molecular flexibility index (Phi) is 1.50. The summed E-state index contributed by atoms with van der Waals surface area (Å²) in [7, 11) is 0. The highest BCUT2D eigenvalue weighted by Gasteiger charge is 2.05. The molecule has 0 unspecified atom stereocenters. The van der Waals surface area contributed by atoms with Crippen LogP contribution in [0.1, 0.15) is 0 Å². The first kappa shape index (κ1) is 7.48. The molecule has 2 rings (SSSR count). The van der Waals surface area contributed by atoms with Crippen molar-refractivity contribution in [2.45, 2.75) is 0 Å². The van der Waals surface area contributed by atoms with Crippen molar-refractivity contribution in [1.82, 2.24) is 15.0 Å². The molecule has 0 amide bonds. The van der Waals surface area contributed by atoms with Gasteiger partial charge in [0.05, 0.1) is 5.52 Å². The molecule has 4 nitrogen and oxygen atoms in total. The quantitative estimate of drug-likeness (QED) is 0.669. The van der Waals surface area contributed by atoms with Gasteiger partial charge < -0.3 is 4.98 Å². The summed E-state index contributed by atoms with van der Waals surface area (Å²) in [6.07, 6.45) is 0. The van der Waals surface area contributed by atoms with Gasteiger partial charge in [0, 0.05) is 6.07 Å². The number of fused-ring (bicyclic) bond motifs is 1. The van der Waals surface area contributed by atoms with Gasteiger partial charge in [-0.25, -0.2) is 14.2 Å². The van der Waals surface area contributed by atoms with Crippen LogP contribution in [0.5, 0.6) is 0 Å². The number of aromatic amines is 2. The van der Waals surface area contributed by atoms with Gasteiger partial charge in [-0.2, -0.15) is 0 Å². The highest BCUT2D eigenvalue weighted by atomic mass is 79.9. The number of nitrogens with zero attached hydrogens (tertiary/aromatic N) is 1. The molecule has 0 bridgehead atoms. The van der Waals surface area contributed by atoms with Gasteiger partial charge in [-0.3, -0.25) is 4.98 Å². The summed E-state index contributed by atoms with van der Waals surface area (Å²) in [6.45, 7) is 0. The Balaban J connectivity index is 2.92. The zero-order chi connectivity index (χ0) is 8.72. The number of nitrogens with one attached hydrogen (secondary N) is 2. The molecule has 2 aromatic rings. The van der Waals surface area contributed by atoms with Crippen molar-refractivity contribution in [1.29, 1.82) is 0 Å². The Morgan fingerprint density at radius 1 is 1.50 bits per heavy atom. The molecule has 0 aliphatic rings. The van der Waals surface area contributed by atoms with Crippen molar-refractivity contribution < 1.29 is 4.39 Å². The van der Waals surface area contributed by atoms with Crippen LogP contribution in [0.2, 0.25) is 0 Å². The molecule has 0 saturated heterocycles. The molecule has 0 atom stereocenters. The summed E-state index contributed by atoms with van der Waals surface area (Å²) in [6, 6.07) is 1.20. The molecule has 0 aromatic carbocycles. The highest BCUT2D eigenvalue weighted by molar-refractivity contribution is 9.10. The van der Waals surface area contributed by atoms with Crippen LogP contribution in [0.15, 0.2) is 15.5 Å². The summed E-state index contributed by atoms with van der Waals surface area (Å²) in [4.78, 5) is 19.3. The van der Waals surface area contributed by atoms with Gasteiger partial charge in [0.1, 0.15) is 4.60 Å². The number of halogens is 2. The van der Waals surface area contributed by atoms with Crippen molar-refractivity contribution in [3.05, 3.63) is 27.0 Å². The van der Waals surface area contributed by atoms with Crippen molar-refractivity contribution >= 4 is 27.1 Å². The van der Waals surface area contributed by atoms with Gasteiger partial charge in [-0.05, 0) is 15.9 Å². The van der Waals surface area contributed by atoms with Gasteiger partial charge in [0.15, 0.2) is 11.5 Å². The molecule has 0 aliphatic heterocycles. The van der Waals surface area contributed by atoms with E-state index < -0.39 is 11.5 Å². The van der Waals surface area contributed by atoms with E-state index in [1.807, 2.05) is 0 Å². The number of H-pyrrole nitrogens is 2. The van der Waals surface area contributed by atoms with Crippen LogP contribution < -0.4 is 5.69 Å². The lowest BCUT2D eigenvalue weighted by atomic mass is 10.4. The van der Waals surface area contributed by atoms with Crippen LogP contribution >= 0.6 is 15.9 Å². The fraction of sp³-hybridized carbons (Fsp3) is 0. The summed E-state index contributed by atoms with van der Waals surface area (Å²) in [5.74, 6) is -0.502. The fourth-order valence-electron chi connectivity index (χ4n) is 0.918. The minimum Gasteiger partial charge on any atom is -0.304 e.